The van der Waals surface area contributed by atoms with E-state index in [9.17, 15) is 13.6 Å². The van der Waals surface area contributed by atoms with Gasteiger partial charge in [-0.1, -0.05) is 17.7 Å². The molecule has 1 unspecified atom stereocenters. The second-order valence-electron chi connectivity index (χ2n) is 5.48. The van der Waals surface area contributed by atoms with E-state index < -0.39 is 17.7 Å². The molecule has 24 heavy (non-hydrogen) atoms. The lowest BCUT2D eigenvalue weighted by Crippen LogP contribution is -2.24. The number of hydrogen-bond acceptors (Lipinski definition) is 2. The van der Waals surface area contributed by atoms with E-state index in [1.807, 2.05) is 25.1 Å². The molecule has 1 atom stereocenters. The van der Waals surface area contributed by atoms with Crippen LogP contribution in [0.4, 0.5) is 8.78 Å². The first-order valence-electron chi connectivity index (χ1n) is 7.49. The van der Waals surface area contributed by atoms with Crippen LogP contribution in [-0.2, 0) is 4.79 Å². The summed E-state index contributed by atoms with van der Waals surface area (Å²) in [5, 5.41) is 2.71. The van der Waals surface area contributed by atoms with Crippen LogP contribution in [0.25, 0.3) is 6.08 Å². The molecule has 0 spiro atoms. The Bertz CT molecular complexity index is 772. The Hall–Kier alpha value is -2.69. The second-order valence-corrected chi connectivity index (χ2v) is 5.48. The van der Waals surface area contributed by atoms with Gasteiger partial charge in [-0.15, -0.1) is 0 Å². The van der Waals surface area contributed by atoms with E-state index in [1.165, 1.54) is 12.1 Å². The van der Waals surface area contributed by atoms with Crippen LogP contribution in [0, 0.1) is 18.6 Å². The largest absolute Gasteiger partial charge is 0.496 e. The number of rotatable bonds is 5. The summed E-state index contributed by atoms with van der Waals surface area (Å²) < 4.78 is 31.5. The monoisotopic (exact) mass is 331 g/mol. The van der Waals surface area contributed by atoms with Crippen molar-refractivity contribution in [1.29, 1.82) is 0 Å². The molecule has 1 N–H and O–H groups in total. The molecular weight excluding hydrogens is 312 g/mol. The van der Waals surface area contributed by atoms with Crippen molar-refractivity contribution in [3.63, 3.8) is 0 Å². The van der Waals surface area contributed by atoms with Crippen LogP contribution in [0.3, 0.4) is 0 Å². The SMILES string of the molecule is COc1ccc(C)cc1/C=C/C(=O)NC(C)c1ccc(F)c(F)c1. The van der Waals surface area contributed by atoms with Gasteiger partial charge in [-0.05, 0) is 49.8 Å². The van der Waals surface area contributed by atoms with Crippen LogP contribution >= 0.6 is 0 Å². The Morgan fingerprint density at radius 2 is 1.92 bits per heavy atom. The fourth-order valence-electron chi connectivity index (χ4n) is 2.28. The number of methoxy groups -OCH3 is 1. The lowest BCUT2D eigenvalue weighted by atomic mass is 10.1. The minimum atomic E-state index is -0.936. The lowest BCUT2D eigenvalue weighted by molar-refractivity contribution is -0.117. The summed E-state index contributed by atoms with van der Waals surface area (Å²) in [4.78, 5) is 12.0. The molecule has 126 valence electrons. The second kappa shape index (κ2) is 7.73. The van der Waals surface area contributed by atoms with E-state index in [4.69, 9.17) is 4.74 Å². The first kappa shape index (κ1) is 17.7. The van der Waals surface area contributed by atoms with Crippen molar-refractivity contribution < 1.29 is 18.3 Å². The molecule has 0 radical (unpaired) electrons. The molecule has 0 aliphatic carbocycles. The number of carbonyl (C=O) groups excluding carboxylic acids is 1. The highest BCUT2D eigenvalue weighted by Crippen LogP contribution is 2.21. The molecule has 3 nitrogen and oxygen atoms in total. The van der Waals surface area contributed by atoms with Gasteiger partial charge in [-0.25, -0.2) is 8.78 Å². The third-order valence-corrected chi connectivity index (χ3v) is 3.60. The fraction of sp³-hybridized carbons (Fsp3) is 0.211. The Balaban J connectivity index is 2.07. The van der Waals surface area contributed by atoms with Gasteiger partial charge in [-0.2, -0.15) is 0 Å². The van der Waals surface area contributed by atoms with Crippen LogP contribution in [0.2, 0.25) is 0 Å². The third kappa shape index (κ3) is 4.41. The number of hydrogen-bond donors (Lipinski definition) is 1. The molecule has 0 bridgehead atoms. The van der Waals surface area contributed by atoms with E-state index in [0.717, 1.165) is 23.3 Å². The van der Waals surface area contributed by atoms with Gasteiger partial charge in [0.15, 0.2) is 11.6 Å². The maximum absolute atomic E-state index is 13.3. The van der Waals surface area contributed by atoms with Gasteiger partial charge in [0.1, 0.15) is 5.75 Å². The standard InChI is InChI=1S/C19H19F2NO2/c1-12-4-8-18(24-3)15(10-12)6-9-19(23)22-13(2)14-5-7-16(20)17(21)11-14/h4-11,13H,1-3H3,(H,22,23)/b9-6+. The van der Waals surface area contributed by atoms with E-state index in [1.54, 1.807) is 20.1 Å². The number of benzene rings is 2. The van der Waals surface area contributed by atoms with Crippen molar-refractivity contribution in [2.75, 3.05) is 7.11 Å². The highest BCUT2D eigenvalue weighted by Gasteiger charge is 2.11. The topological polar surface area (TPSA) is 38.3 Å². The minimum absolute atomic E-state index is 0.337. The number of carbonyl (C=O) groups is 1. The highest BCUT2D eigenvalue weighted by molar-refractivity contribution is 5.92. The van der Waals surface area contributed by atoms with Crippen molar-refractivity contribution in [3.8, 4) is 5.75 Å². The Labute approximate surface area is 140 Å². The van der Waals surface area contributed by atoms with Crippen molar-refractivity contribution in [2.24, 2.45) is 0 Å². The molecule has 5 heteroatoms. The first-order valence-corrected chi connectivity index (χ1v) is 7.49. The molecule has 1 amide bonds. The van der Waals surface area contributed by atoms with Crippen LogP contribution in [0.1, 0.15) is 29.7 Å². The quantitative estimate of drug-likeness (QED) is 0.835. The molecule has 0 aliphatic heterocycles. The van der Waals surface area contributed by atoms with Gasteiger partial charge in [0.25, 0.3) is 0 Å². The van der Waals surface area contributed by atoms with Crippen molar-refractivity contribution in [2.45, 2.75) is 19.9 Å². The number of aryl methyl sites for hydroxylation is 1. The molecular formula is C19H19F2NO2. The smallest absolute Gasteiger partial charge is 0.244 e. The number of nitrogens with one attached hydrogen (secondary N) is 1. The summed E-state index contributed by atoms with van der Waals surface area (Å²) in [6.45, 7) is 3.65. The summed E-state index contributed by atoms with van der Waals surface area (Å²) in [5.74, 6) is -1.52. The zero-order chi connectivity index (χ0) is 17.7. The van der Waals surface area contributed by atoms with E-state index in [0.29, 0.717) is 11.3 Å². The van der Waals surface area contributed by atoms with Crippen LogP contribution < -0.4 is 10.1 Å². The summed E-state index contributed by atoms with van der Waals surface area (Å²) in [7, 11) is 1.56. The molecule has 2 aromatic rings. The molecule has 0 aromatic heterocycles. The average Bonchev–Trinajstić information content (AvgIpc) is 2.55. The van der Waals surface area contributed by atoms with Gasteiger partial charge < -0.3 is 10.1 Å². The zero-order valence-corrected chi connectivity index (χ0v) is 13.8. The van der Waals surface area contributed by atoms with Gasteiger partial charge in [0, 0.05) is 11.6 Å². The van der Waals surface area contributed by atoms with E-state index >= 15 is 0 Å². The average molecular weight is 331 g/mol. The van der Waals surface area contributed by atoms with E-state index in [-0.39, 0.29) is 5.91 Å². The maximum atomic E-state index is 13.3. The molecule has 0 saturated heterocycles. The third-order valence-electron chi connectivity index (χ3n) is 3.60. The molecule has 0 aliphatic rings. The zero-order valence-electron chi connectivity index (χ0n) is 13.8. The lowest BCUT2D eigenvalue weighted by Gasteiger charge is -2.13. The molecule has 0 saturated carbocycles. The van der Waals surface area contributed by atoms with Gasteiger partial charge in [-0.3, -0.25) is 4.79 Å². The summed E-state index contributed by atoms with van der Waals surface area (Å²) >= 11 is 0. The predicted octanol–water partition coefficient (Wildman–Crippen LogP) is 4.17. The summed E-state index contributed by atoms with van der Waals surface area (Å²) in [6, 6.07) is 8.77. The van der Waals surface area contributed by atoms with Crippen molar-refractivity contribution in [3.05, 3.63) is 70.8 Å². The summed E-state index contributed by atoms with van der Waals surface area (Å²) in [6.07, 6.45) is 3.03. The van der Waals surface area contributed by atoms with Gasteiger partial charge in [0.05, 0.1) is 13.2 Å². The highest BCUT2D eigenvalue weighted by atomic mass is 19.2. The van der Waals surface area contributed by atoms with Crippen LogP contribution in [-0.4, -0.2) is 13.0 Å². The Morgan fingerprint density at radius 1 is 1.17 bits per heavy atom. The normalized spacial score (nSPS) is 12.2. The fourth-order valence-corrected chi connectivity index (χ4v) is 2.28. The van der Waals surface area contributed by atoms with Crippen LogP contribution in [0.5, 0.6) is 5.75 Å². The van der Waals surface area contributed by atoms with Crippen molar-refractivity contribution >= 4 is 12.0 Å². The van der Waals surface area contributed by atoms with Gasteiger partial charge >= 0.3 is 0 Å². The maximum Gasteiger partial charge on any atom is 0.244 e. The Kier molecular flexibility index (Phi) is 5.68. The first-order chi connectivity index (χ1) is 11.4. The number of ether oxygens (including phenoxy) is 1. The molecule has 0 heterocycles. The molecule has 2 aromatic carbocycles. The predicted molar refractivity (Wildman–Crippen MR) is 89.7 cm³/mol. The van der Waals surface area contributed by atoms with Crippen molar-refractivity contribution in [1.82, 2.24) is 5.32 Å². The van der Waals surface area contributed by atoms with E-state index in [2.05, 4.69) is 5.32 Å². The van der Waals surface area contributed by atoms with Crippen LogP contribution in [0.15, 0.2) is 42.5 Å². The number of halogens is 2. The molecule has 2 rings (SSSR count). The number of amides is 1. The molecule has 0 fully saturated rings. The van der Waals surface area contributed by atoms with Gasteiger partial charge in [0.2, 0.25) is 5.91 Å². The summed E-state index contributed by atoms with van der Waals surface area (Å²) in [5.41, 5.74) is 2.32. The Morgan fingerprint density at radius 3 is 2.58 bits per heavy atom. The minimum Gasteiger partial charge on any atom is -0.496 e.